The van der Waals surface area contributed by atoms with Crippen molar-refractivity contribution in [3.05, 3.63) is 18.2 Å². The van der Waals surface area contributed by atoms with E-state index in [-0.39, 0.29) is 22.0 Å². The summed E-state index contributed by atoms with van der Waals surface area (Å²) in [7, 11) is -7.05. The molecule has 25 heavy (non-hydrogen) atoms. The Balaban J connectivity index is 1.95. The molecule has 2 aliphatic heterocycles. The molecule has 0 N–H and O–H groups in total. The number of sulfone groups is 2. The molecule has 0 spiro atoms. The lowest BCUT2D eigenvalue weighted by molar-refractivity contribution is -0.0858. The van der Waals surface area contributed by atoms with Crippen molar-refractivity contribution < 1.29 is 26.3 Å². The van der Waals surface area contributed by atoms with Crippen LogP contribution >= 0.6 is 0 Å². The first kappa shape index (κ1) is 18.6. The molecular weight excluding hydrogens is 366 g/mol. The van der Waals surface area contributed by atoms with E-state index in [9.17, 15) is 16.8 Å². The van der Waals surface area contributed by atoms with Crippen LogP contribution < -0.4 is 4.90 Å². The van der Waals surface area contributed by atoms with Crippen LogP contribution in [0, 0.1) is 5.92 Å². The molecule has 0 bridgehead atoms. The lowest BCUT2D eigenvalue weighted by Gasteiger charge is -2.37. The molecule has 0 unspecified atom stereocenters. The summed E-state index contributed by atoms with van der Waals surface area (Å²) in [4.78, 5) is 2.04. The zero-order valence-corrected chi connectivity index (χ0v) is 16.0. The quantitative estimate of drug-likeness (QED) is 0.761. The molecule has 2 saturated heterocycles. The van der Waals surface area contributed by atoms with Crippen molar-refractivity contribution in [2.45, 2.75) is 28.9 Å². The Morgan fingerprint density at radius 2 is 1.72 bits per heavy atom. The van der Waals surface area contributed by atoms with Crippen molar-refractivity contribution in [3.63, 3.8) is 0 Å². The molecule has 140 valence electrons. The van der Waals surface area contributed by atoms with Crippen LogP contribution in [0.2, 0.25) is 0 Å². The molecule has 1 aromatic rings. The van der Waals surface area contributed by atoms with Crippen molar-refractivity contribution in [1.29, 1.82) is 0 Å². The number of rotatable bonds is 4. The first-order chi connectivity index (χ1) is 11.7. The van der Waals surface area contributed by atoms with E-state index in [1.165, 1.54) is 12.1 Å². The van der Waals surface area contributed by atoms with Gasteiger partial charge in [0, 0.05) is 31.5 Å². The number of ether oxygens (including phenoxy) is 2. The highest BCUT2D eigenvalue weighted by atomic mass is 32.2. The zero-order chi connectivity index (χ0) is 18.2. The third-order valence-corrected chi connectivity index (χ3v) is 6.83. The zero-order valence-electron chi connectivity index (χ0n) is 14.3. The summed E-state index contributed by atoms with van der Waals surface area (Å²) in [6.45, 7) is 2.49. The molecule has 2 heterocycles. The van der Waals surface area contributed by atoms with E-state index in [1.807, 2.05) is 4.90 Å². The highest BCUT2D eigenvalue weighted by Crippen LogP contribution is 2.33. The third-order valence-electron chi connectivity index (χ3n) is 4.59. The third kappa shape index (κ3) is 4.16. The van der Waals surface area contributed by atoms with Crippen LogP contribution in [0.5, 0.6) is 0 Å². The minimum Gasteiger partial charge on any atom is -0.370 e. The predicted molar refractivity (Wildman–Crippen MR) is 93.3 cm³/mol. The standard InChI is InChI=1S/C16H23NO6S2/c1-24(18,19)13-5-6-14(15(10-13)25(2,20)21)17-7-3-4-12(11-17)16-22-8-9-23-16/h5-6,10,12,16H,3-4,7-9,11H2,1-2H3/t12-/m1/s1. The van der Waals surface area contributed by atoms with Gasteiger partial charge in [0.2, 0.25) is 0 Å². The molecular formula is C16H23NO6S2. The molecule has 1 aromatic carbocycles. The molecule has 0 aromatic heterocycles. The topological polar surface area (TPSA) is 90.0 Å². The van der Waals surface area contributed by atoms with Gasteiger partial charge in [-0.05, 0) is 31.0 Å². The molecule has 0 radical (unpaired) electrons. The number of hydrogen-bond acceptors (Lipinski definition) is 7. The fourth-order valence-electron chi connectivity index (χ4n) is 3.38. The molecule has 3 rings (SSSR count). The van der Waals surface area contributed by atoms with Gasteiger partial charge in [-0.3, -0.25) is 0 Å². The Labute approximate surface area is 148 Å². The maximum absolute atomic E-state index is 12.2. The molecule has 0 aliphatic carbocycles. The van der Waals surface area contributed by atoms with Crippen LogP contribution in [0.15, 0.2) is 28.0 Å². The monoisotopic (exact) mass is 389 g/mol. The number of hydrogen-bond donors (Lipinski definition) is 0. The predicted octanol–water partition coefficient (Wildman–Crippen LogP) is 1.08. The maximum atomic E-state index is 12.2. The average molecular weight is 389 g/mol. The second-order valence-corrected chi connectivity index (χ2v) is 10.6. The van der Waals surface area contributed by atoms with E-state index in [0.717, 1.165) is 25.4 Å². The van der Waals surface area contributed by atoms with Gasteiger partial charge < -0.3 is 14.4 Å². The van der Waals surface area contributed by atoms with Gasteiger partial charge in [-0.1, -0.05) is 0 Å². The van der Waals surface area contributed by atoms with E-state index in [0.29, 0.717) is 32.0 Å². The summed E-state index contributed by atoms with van der Waals surface area (Å²) in [5.74, 6) is 0.165. The largest absolute Gasteiger partial charge is 0.370 e. The van der Waals surface area contributed by atoms with E-state index in [2.05, 4.69) is 0 Å². The minimum atomic E-state index is -3.57. The maximum Gasteiger partial charge on any atom is 0.177 e. The second-order valence-electron chi connectivity index (χ2n) is 6.63. The Kier molecular flexibility index (Phi) is 5.11. The van der Waals surface area contributed by atoms with Crippen molar-refractivity contribution in [2.75, 3.05) is 43.7 Å². The average Bonchev–Trinajstić information content (AvgIpc) is 3.07. The summed E-state index contributed by atoms with van der Waals surface area (Å²) in [5.41, 5.74) is 0.539. The first-order valence-corrected chi connectivity index (χ1v) is 12.0. The van der Waals surface area contributed by atoms with Gasteiger partial charge in [-0.15, -0.1) is 0 Å². The molecule has 0 saturated carbocycles. The Morgan fingerprint density at radius 1 is 1.04 bits per heavy atom. The highest BCUT2D eigenvalue weighted by Gasteiger charge is 2.32. The fraction of sp³-hybridized carbons (Fsp3) is 0.625. The van der Waals surface area contributed by atoms with Gasteiger partial charge in [-0.2, -0.15) is 0 Å². The molecule has 2 aliphatic rings. The number of benzene rings is 1. The highest BCUT2D eigenvalue weighted by molar-refractivity contribution is 7.91. The van der Waals surface area contributed by atoms with Gasteiger partial charge >= 0.3 is 0 Å². The van der Waals surface area contributed by atoms with Crippen LogP contribution in [0.4, 0.5) is 5.69 Å². The lowest BCUT2D eigenvalue weighted by atomic mass is 9.97. The van der Waals surface area contributed by atoms with Gasteiger partial charge in [0.05, 0.1) is 28.7 Å². The first-order valence-electron chi connectivity index (χ1n) is 8.18. The van der Waals surface area contributed by atoms with Crippen LogP contribution in [0.1, 0.15) is 12.8 Å². The van der Waals surface area contributed by atoms with Gasteiger partial charge in [-0.25, -0.2) is 16.8 Å². The summed E-state index contributed by atoms with van der Waals surface area (Å²) >= 11 is 0. The van der Waals surface area contributed by atoms with Crippen molar-refractivity contribution in [1.82, 2.24) is 0 Å². The molecule has 7 nitrogen and oxygen atoms in total. The van der Waals surface area contributed by atoms with E-state index in [4.69, 9.17) is 9.47 Å². The van der Waals surface area contributed by atoms with Crippen molar-refractivity contribution in [3.8, 4) is 0 Å². The van der Waals surface area contributed by atoms with Gasteiger partial charge in [0.1, 0.15) is 0 Å². The summed E-state index contributed by atoms with van der Waals surface area (Å²) in [6, 6.07) is 4.31. The fourth-order valence-corrected chi connectivity index (χ4v) is 5.02. The number of piperidine rings is 1. The Bertz CT molecular complexity index is 843. The van der Waals surface area contributed by atoms with Gasteiger partial charge in [0.25, 0.3) is 0 Å². The van der Waals surface area contributed by atoms with Gasteiger partial charge in [0.15, 0.2) is 26.0 Å². The van der Waals surface area contributed by atoms with Crippen LogP contribution in [0.25, 0.3) is 0 Å². The van der Waals surface area contributed by atoms with Crippen molar-refractivity contribution in [2.24, 2.45) is 5.92 Å². The Hall–Kier alpha value is -1.16. The van der Waals surface area contributed by atoms with E-state index < -0.39 is 19.7 Å². The number of anilines is 1. The second kappa shape index (κ2) is 6.86. The van der Waals surface area contributed by atoms with E-state index in [1.54, 1.807) is 6.07 Å². The minimum absolute atomic E-state index is 0.00712. The summed E-state index contributed by atoms with van der Waals surface area (Å²) in [5, 5.41) is 0. The van der Waals surface area contributed by atoms with Crippen LogP contribution in [-0.2, 0) is 29.1 Å². The SMILES string of the molecule is CS(=O)(=O)c1ccc(N2CCC[C@@H](C3OCCO3)C2)c(S(C)(=O)=O)c1. The molecule has 9 heteroatoms. The van der Waals surface area contributed by atoms with Crippen LogP contribution in [-0.4, -0.2) is 61.9 Å². The smallest absolute Gasteiger partial charge is 0.177 e. The Morgan fingerprint density at radius 3 is 2.32 bits per heavy atom. The normalized spacial score (nSPS) is 23.1. The lowest BCUT2D eigenvalue weighted by Crippen LogP contribution is -2.41. The van der Waals surface area contributed by atoms with Crippen molar-refractivity contribution >= 4 is 25.4 Å². The molecule has 2 fully saturated rings. The molecule has 0 amide bonds. The summed E-state index contributed by atoms with van der Waals surface area (Å²) < 4.78 is 59.2. The van der Waals surface area contributed by atoms with Crippen LogP contribution in [0.3, 0.4) is 0 Å². The summed E-state index contributed by atoms with van der Waals surface area (Å²) in [6.07, 6.45) is 3.77. The molecule has 1 atom stereocenters. The van der Waals surface area contributed by atoms with E-state index >= 15 is 0 Å². The number of nitrogens with zero attached hydrogens (tertiary/aromatic N) is 1.